The minimum Gasteiger partial charge on any atom is -0.357 e. The molecule has 1 N–H and O–H groups in total. The molecule has 1 saturated heterocycles. The highest BCUT2D eigenvalue weighted by Crippen LogP contribution is 2.24. The maximum absolute atomic E-state index is 12.5. The number of pyridine rings is 4. The summed E-state index contributed by atoms with van der Waals surface area (Å²) >= 11 is 1.55. The molecular formula is C25H24N6OS. The van der Waals surface area contributed by atoms with Gasteiger partial charge in [0.1, 0.15) is 5.82 Å². The summed E-state index contributed by atoms with van der Waals surface area (Å²) in [6, 6.07) is 13.8. The lowest BCUT2D eigenvalue weighted by atomic mass is 10.2. The van der Waals surface area contributed by atoms with Gasteiger partial charge in [-0.05, 0) is 55.5 Å². The van der Waals surface area contributed by atoms with E-state index in [1.54, 1.807) is 30.4 Å². The quantitative estimate of drug-likeness (QED) is 0.432. The van der Waals surface area contributed by atoms with Crippen molar-refractivity contribution in [2.75, 3.05) is 24.2 Å². The van der Waals surface area contributed by atoms with Crippen molar-refractivity contribution in [2.45, 2.75) is 24.3 Å². The molecule has 166 valence electrons. The van der Waals surface area contributed by atoms with Crippen molar-refractivity contribution in [1.29, 1.82) is 0 Å². The Labute approximate surface area is 196 Å². The minimum absolute atomic E-state index is 0.176. The number of rotatable bonds is 6. The first kappa shape index (κ1) is 21.3. The van der Waals surface area contributed by atoms with E-state index in [-0.39, 0.29) is 5.91 Å². The molecule has 0 bridgehead atoms. The van der Waals surface area contributed by atoms with Gasteiger partial charge in [-0.3, -0.25) is 14.8 Å². The standard InChI is InChI=1S/C25H24N6OS/c1-33-20-11-18(13-26-16-20)25(32)28-15-19-12-23-17(14-27-19)7-8-22(29-23)21-5-4-6-24(30-21)31-9-2-3-10-31/h4-8,11-14,16H,2-3,9-10,15H2,1H3,(H,28,32). The van der Waals surface area contributed by atoms with Crippen molar-refractivity contribution in [3.8, 4) is 11.4 Å². The lowest BCUT2D eigenvalue weighted by Gasteiger charge is -2.16. The normalized spacial score (nSPS) is 13.4. The molecule has 1 aliphatic heterocycles. The molecule has 8 heteroatoms. The van der Waals surface area contributed by atoms with E-state index < -0.39 is 0 Å². The van der Waals surface area contributed by atoms with Crippen LogP contribution in [0.15, 0.2) is 66.0 Å². The van der Waals surface area contributed by atoms with Gasteiger partial charge in [0, 0.05) is 42.0 Å². The molecule has 0 saturated carbocycles. The van der Waals surface area contributed by atoms with Crippen LogP contribution in [0.5, 0.6) is 0 Å². The van der Waals surface area contributed by atoms with E-state index in [1.807, 2.05) is 42.7 Å². The van der Waals surface area contributed by atoms with Gasteiger partial charge in [0.05, 0.1) is 34.7 Å². The zero-order valence-corrected chi connectivity index (χ0v) is 19.2. The van der Waals surface area contributed by atoms with Crippen LogP contribution in [-0.2, 0) is 6.54 Å². The van der Waals surface area contributed by atoms with Crippen LogP contribution in [0.2, 0.25) is 0 Å². The van der Waals surface area contributed by atoms with E-state index in [4.69, 9.17) is 9.97 Å². The molecule has 0 aliphatic carbocycles. The smallest absolute Gasteiger partial charge is 0.253 e. The number of hydrogen-bond acceptors (Lipinski definition) is 7. The molecule has 4 aromatic heterocycles. The van der Waals surface area contributed by atoms with Crippen molar-refractivity contribution < 1.29 is 4.79 Å². The molecule has 4 aromatic rings. The fourth-order valence-corrected chi connectivity index (χ4v) is 4.32. The molecule has 1 aliphatic rings. The maximum Gasteiger partial charge on any atom is 0.253 e. The molecule has 0 atom stereocenters. The summed E-state index contributed by atoms with van der Waals surface area (Å²) in [6.07, 6.45) is 9.48. The lowest BCUT2D eigenvalue weighted by molar-refractivity contribution is 0.0950. The van der Waals surface area contributed by atoms with E-state index in [9.17, 15) is 4.79 Å². The van der Waals surface area contributed by atoms with E-state index in [2.05, 4.69) is 26.3 Å². The lowest BCUT2D eigenvalue weighted by Crippen LogP contribution is -2.23. The monoisotopic (exact) mass is 456 g/mol. The Morgan fingerprint density at radius 3 is 2.73 bits per heavy atom. The highest BCUT2D eigenvalue weighted by molar-refractivity contribution is 7.98. The molecule has 0 spiro atoms. The van der Waals surface area contributed by atoms with Crippen LogP contribution >= 0.6 is 11.8 Å². The zero-order valence-electron chi connectivity index (χ0n) is 18.4. The summed E-state index contributed by atoms with van der Waals surface area (Å²) in [6.45, 7) is 2.42. The first-order valence-corrected chi connectivity index (χ1v) is 12.2. The molecular weight excluding hydrogens is 432 g/mol. The fourth-order valence-electron chi connectivity index (χ4n) is 3.91. The van der Waals surface area contributed by atoms with Crippen LogP contribution in [0.1, 0.15) is 28.9 Å². The molecule has 0 unspecified atom stereocenters. The zero-order chi connectivity index (χ0) is 22.6. The number of fused-ring (bicyclic) bond motifs is 1. The average Bonchev–Trinajstić information content (AvgIpc) is 3.42. The molecule has 5 rings (SSSR count). The predicted octanol–water partition coefficient (Wildman–Crippen LogP) is 4.34. The summed E-state index contributed by atoms with van der Waals surface area (Å²) in [5.41, 5.74) is 3.78. The van der Waals surface area contributed by atoms with Crippen molar-refractivity contribution in [2.24, 2.45) is 0 Å². The number of hydrogen-bond donors (Lipinski definition) is 1. The summed E-state index contributed by atoms with van der Waals surface area (Å²) in [5.74, 6) is 0.829. The van der Waals surface area contributed by atoms with E-state index >= 15 is 0 Å². The Morgan fingerprint density at radius 2 is 1.88 bits per heavy atom. The maximum atomic E-state index is 12.5. The second-order valence-electron chi connectivity index (χ2n) is 7.94. The summed E-state index contributed by atoms with van der Waals surface area (Å²) in [5, 5.41) is 3.87. The van der Waals surface area contributed by atoms with Crippen molar-refractivity contribution in [3.63, 3.8) is 0 Å². The second kappa shape index (κ2) is 9.54. The number of aromatic nitrogens is 4. The number of nitrogens with zero attached hydrogens (tertiary/aromatic N) is 5. The Morgan fingerprint density at radius 1 is 1.03 bits per heavy atom. The summed E-state index contributed by atoms with van der Waals surface area (Å²) in [7, 11) is 0. The Bertz CT molecular complexity index is 1310. The number of amides is 1. The number of carbonyl (C=O) groups excluding carboxylic acids is 1. The van der Waals surface area contributed by atoms with Gasteiger partial charge in [0.15, 0.2) is 0 Å². The highest BCUT2D eigenvalue weighted by Gasteiger charge is 2.14. The number of carbonyl (C=O) groups is 1. The molecule has 0 aromatic carbocycles. The Kier molecular flexibility index (Phi) is 6.17. The van der Waals surface area contributed by atoms with Gasteiger partial charge in [0.25, 0.3) is 5.91 Å². The van der Waals surface area contributed by atoms with Gasteiger partial charge in [0.2, 0.25) is 0 Å². The topological polar surface area (TPSA) is 83.9 Å². The number of nitrogens with one attached hydrogen (secondary N) is 1. The van der Waals surface area contributed by atoms with Gasteiger partial charge in [-0.1, -0.05) is 6.07 Å². The second-order valence-corrected chi connectivity index (χ2v) is 8.82. The third-order valence-corrected chi connectivity index (χ3v) is 6.39. The van der Waals surface area contributed by atoms with Crippen LogP contribution in [0.25, 0.3) is 22.3 Å². The first-order chi connectivity index (χ1) is 16.2. The van der Waals surface area contributed by atoms with E-state index in [0.29, 0.717) is 12.1 Å². The average molecular weight is 457 g/mol. The molecule has 1 amide bonds. The number of thioether (sulfide) groups is 1. The Balaban J connectivity index is 1.35. The van der Waals surface area contributed by atoms with Gasteiger partial charge >= 0.3 is 0 Å². The molecule has 5 heterocycles. The summed E-state index contributed by atoms with van der Waals surface area (Å²) < 4.78 is 0. The van der Waals surface area contributed by atoms with E-state index in [1.165, 1.54) is 12.8 Å². The predicted molar refractivity (Wildman–Crippen MR) is 131 cm³/mol. The highest BCUT2D eigenvalue weighted by atomic mass is 32.2. The third kappa shape index (κ3) is 4.80. The number of anilines is 1. The summed E-state index contributed by atoms with van der Waals surface area (Å²) in [4.78, 5) is 34.1. The largest absolute Gasteiger partial charge is 0.357 e. The van der Waals surface area contributed by atoms with Crippen LogP contribution in [0, 0.1) is 0 Å². The molecule has 0 radical (unpaired) electrons. The molecule has 33 heavy (non-hydrogen) atoms. The van der Waals surface area contributed by atoms with Gasteiger partial charge in [-0.25, -0.2) is 9.97 Å². The van der Waals surface area contributed by atoms with Gasteiger partial charge < -0.3 is 10.2 Å². The van der Waals surface area contributed by atoms with Crippen LogP contribution in [-0.4, -0.2) is 45.2 Å². The Hall–Kier alpha value is -3.52. The van der Waals surface area contributed by atoms with Crippen LogP contribution < -0.4 is 10.2 Å². The van der Waals surface area contributed by atoms with Crippen molar-refractivity contribution >= 4 is 34.4 Å². The van der Waals surface area contributed by atoms with Crippen LogP contribution in [0.4, 0.5) is 5.82 Å². The fraction of sp³-hybridized carbons (Fsp3) is 0.240. The van der Waals surface area contributed by atoms with Crippen molar-refractivity contribution in [3.05, 3.63) is 72.3 Å². The first-order valence-electron chi connectivity index (χ1n) is 10.9. The van der Waals surface area contributed by atoms with Crippen molar-refractivity contribution in [1.82, 2.24) is 25.3 Å². The van der Waals surface area contributed by atoms with Gasteiger partial charge in [-0.15, -0.1) is 11.8 Å². The minimum atomic E-state index is -0.176. The molecule has 1 fully saturated rings. The van der Waals surface area contributed by atoms with Gasteiger partial charge in [-0.2, -0.15) is 0 Å². The third-order valence-electron chi connectivity index (χ3n) is 5.70. The van der Waals surface area contributed by atoms with Crippen LogP contribution in [0.3, 0.4) is 0 Å². The van der Waals surface area contributed by atoms with E-state index in [0.717, 1.165) is 51.8 Å². The molecule has 7 nitrogen and oxygen atoms in total. The SMILES string of the molecule is CSc1cncc(C(=O)NCc2cc3nc(-c4cccc(N5CCCC5)n4)ccc3cn2)c1.